The third-order valence-electron chi connectivity index (χ3n) is 9.13. The van der Waals surface area contributed by atoms with Gasteiger partial charge in [-0.25, -0.2) is 4.98 Å². The summed E-state index contributed by atoms with van der Waals surface area (Å²) in [6.07, 6.45) is 5.90. The van der Waals surface area contributed by atoms with E-state index in [9.17, 15) is 4.79 Å². The number of amides is 1. The Labute approximate surface area is 257 Å². The summed E-state index contributed by atoms with van der Waals surface area (Å²) >= 11 is 0. The fraction of sp³-hybridized carbons (Fsp3) is 0.412. The highest BCUT2D eigenvalue weighted by molar-refractivity contribution is 6.08. The number of aryl methyl sites for hydroxylation is 1. The summed E-state index contributed by atoms with van der Waals surface area (Å²) in [4.78, 5) is 27.7. The Bertz CT molecular complexity index is 1840. The standard InChI is InChI=1S/C34H40N8O2/c1-23-32-28(9-6-10-29(32)42(38-23)21-25-7-5-8-27(36-25)24-11-12-24)37-33(43)30-20-35-31-19-26(13-14-41(30)31)44-18-17-40-16-15-39(4)34(2,3)22-40/h5-10,13-14,19-20,24H,11-12,15-18,21-22H2,1-4H3,(H,37,43). The topological polar surface area (TPSA) is 92.8 Å². The molecule has 5 aromatic rings. The zero-order valence-electron chi connectivity index (χ0n) is 26.0. The average molecular weight is 593 g/mol. The predicted molar refractivity (Wildman–Crippen MR) is 172 cm³/mol. The van der Waals surface area contributed by atoms with Crippen molar-refractivity contribution < 1.29 is 9.53 Å². The lowest BCUT2D eigenvalue weighted by atomic mass is 10.00. The first-order valence-electron chi connectivity index (χ1n) is 15.5. The first-order chi connectivity index (χ1) is 21.2. The van der Waals surface area contributed by atoms with E-state index in [0.29, 0.717) is 30.4 Å². The van der Waals surface area contributed by atoms with Gasteiger partial charge in [-0.1, -0.05) is 12.1 Å². The zero-order valence-corrected chi connectivity index (χ0v) is 26.0. The molecule has 0 unspecified atom stereocenters. The minimum absolute atomic E-state index is 0.161. The summed E-state index contributed by atoms with van der Waals surface area (Å²) in [7, 11) is 2.19. The number of carbonyl (C=O) groups is 1. The van der Waals surface area contributed by atoms with Crippen LogP contribution in [0.3, 0.4) is 0 Å². The Kier molecular flexibility index (Phi) is 7.34. The maximum Gasteiger partial charge on any atom is 0.274 e. The van der Waals surface area contributed by atoms with Gasteiger partial charge in [0.05, 0.1) is 35.3 Å². The monoisotopic (exact) mass is 592 g/mol. The molecule has 0 atom stereocenters. The van der Waals surface area contributed by atoms with E-state index in [-0.39, 0.29) is 11.4 Å². The number of carbonyl (C=O) groups excluding carboxylic acids is 1. The number of hydrogen-bond acceptors (Lipinski definition) is 7. The molecule has 2 fully saturated rings. The van der Waals surface area contributed by atoms with Crippen LogP contribution in [0.5, 0.6) is 5.75 Å². The van der Waals surface area contributed by atoms with Crippen LogP contribution in [-0.2, 0) is 6.54 Å². The Balaban J connectivity index is 1.03. The highest BCUT2D eigenvalue weighted by atomic mass is 16.5. The number of anilines is 1. The predicted octanol–water partition coefficient (Wildman–Crippen LogP) is 4.97. The van der Waals surface area contributed by atoms with Crippen molar-refractivity contribution in [3.8, 4) is 5.75 Å². The first kappa shape index (κ1) is 28.5. The van der Waals surface area contributed by atoms with E-state index in [1.54, 1.807) is 10.6 Å². The molecule has 1 saturated carbocycles. The van der Waals surface area contributed by atoms with Crippen LogP contribution in [0.2, 0.25) is 0 Å². The molecule has 0 spiro atoms. The number of fused-ring (bicyclic) bond motifs is 2. The van der Waals surface area contributed by atoms with Crippen LogP contribution in [0.25, 0.3) is 16.6 Å². The van der Waals surface area contributed by atoms with Crippen molar-refractivity contribution >= 4 is 28.1 Å². The number of rotatable bonds is 9. The van der Waals surface area contributed by atoms with Crippen LogP contribution in [0.1, 0.15) is 60.2 Å². The van der Waals surface area contributed by atoms with Gasteiger partial charge in [-0.2, -0.15) is 5.10 Å². The van der Waals surface area contributed by atoms with E-state index in [1.165, 1.54) is 18.5 Å². The minimum Gasteiger partial charge on any atom is -0.492 e. The Morgan fingerprint density at radius 2 is 1.95 bits per heavy atom. The number of likely N-dealkylation sites (N-methyl/N-ethyl adjacent to an activating group) is 1. The Hall–Kier alpha value is -4.28. The van der Waals surface area contributed by atoms with Crippen LogP contribution < -0.4 is 10.1 Å². The number of nitrogens with zero attached hydrogens (tertiary/aromatic N) is 7. The summed E-state index contributed by atoms with van der Waals surface area (Å²) in [5.74, 6) is 1.11. The van der Waals surface area contributed by atoms with Crippen LogP contribution in [-0.4, -0.2) is 85.2 Å². The molecule has 1 aromatic carbocycles. The smallest absolute Gasteiger partial charge is 0.274 e. The van der Waals surface area contributed by atoms with Gasteiger partial charge in [-0.3, -0.25) is 28.7 Å². The molecule has 10 heteroatoms. The van der Waals surface area contributed by atoms with E-state index < -0.39 is 0 Å². The van der Waals surface area contributed by atoms with Gasteiger partial charge in [0, 0.05) is 61.0 Å². The number of hydrogen-bond donors (Lipinski definition) is 1. The molecule has 4 aromatic heterocycles. The largest absolute Gasteiger partial charge is 0.492 e. The molecule has 44 heavy (non-hydrogen) atoms. The number of aromatic nitrogens is 5. The molecule has 1 saturated heterocycles. The quantitative estimate of drug-likeness (QED) is 0.258. The fourth-order valence-corrected chi connectivity index (χ4v) is 6.22. The SMILES string of the molecule is Cc1nn(Cc2cccc(C3CC3)n2)c2cccc(NC(=O)c3cnc4cc(OCCN5CCN(C)C(C)(C)C5)ccn34)c12. The molecule has 5 heterocycles. The highest BCUT2D eigenvalue weighted by Gasteiger charge is 2.30. The van der Waals surface area contributed by atoms with Crippen molar-refractivity contribution in [3.63, 3.8) is 0 Å². The van der Waals surface area contributed by atoms with Gasteiger partial charge in [0.25, 0.3) is 5.91 Å². The van der Waals surface area contributed by atoms with Gasteiger partial charge >= 0.3 is 0 Å². The normalized spacial score (nSPS) is 17.4. The summed E-state index contributed by atoms with van der Waals surface area (Å²) in [6.45, 7) is 11.7. The highest BCUT2D eigenvalue weighted by Crippen LogP contribution is 2.39. The fourth-order valence-electron chi connectivity index (χ4n) is 6.22. The number of piperazine rings is 1. The molecule has 2 aliphatic rings. The van der Waals surface area contributed by atoms with Gasteiger partial charge in [0.15, 0.2) is 0 Å². The Morgan fingerprint density at radius 1 is 1.11 bits per heavy atom. The second-order valence-electron chi connectivity index (χ2n) is 12.8. The third kappa shape index (κ3) is 5.67. The van der Waals surface area contributed by atoms with Crippen molar-refractivity contribution in [2.75, 3.05) is 45.2 Å². The summed E-state index contributed by atoms with van der Waals surface area (Å²) in [6, 6.07) is 15.9. The lowest BCUT2D eigenvalue weighted by molar-refractivity contribution is 0.0338. The molecule has 0 bridgehead atoms. The minimum atomic E-state index is -0.234. The molecule has 7 rings (SSSR count). The van der Waals surface area contributed by atoms with Crippen LogP contribution in [0.4, 0.5) is 5.69 Å². The summed E-state index contributed by atoms with van der Waals surface area (Å²) in [5.41, 5.74) is 5.97. The lowest BCUT2D eigenvalue weighted by Crippen LogP contribution is -2.58. The molecule has 1 amide bonds. The molecular formula is C34H40N8O2. The summed E-state index contributed by atoms with van der Waals surface area (Å²) in [5, 5.41) is 8.86. The van der Waals surface area contributed by atoms with Crippen molar-refractivity contribution in [1.29, 1.82) is 0 Å². The van der Waals surface area contributed by atoms with E-state index in [2.05, 4.69) is 59.2 Å². The Morgan fingerprint density at radius 3 is 2.77 bits per heavy atom. The maximum atomic E-state index is 13.5. The van der Waals surface area contributed by atoms with Crippen molar-refractivity contribution in [3.05, 3.63) is 83.7 Å². The van der Waals surface area contributed by atoms with Crippen molar-refractivity contribution in [1.82, 2.24) is 33.9 Å². The van der Waals surface area contributed by atoms with Crippen LogP contribution in [0, 0.1) is 6.92 Å². The van der Waals surface area contributed by atoms with E-state index in [0.717, 1.165) is 59.9 Å². The van der Waals surface area contributed by atoms with Gasteiger partial charge in [-0.05, 0) is 71.0 Å². The van der Waals surface area contributed by atoms with Crippen LogP contribution >= 0.6 is 0 Å². The average Bonchev–Trinajstić information content (AvgIpc) is 3.69. The van der Waals surface area contributed by atoms with Crippen molar-refractivity contribution in [2.24, 2.45) is 0 Å². The maximum absolute atomic E-state index is 13.5. The molecular weight excluding hydrogens is 552 g/mol. The molecule has 1 aliphatic heterocycles. The number of nitrogens with one attached hydrogen (secondary N) is 1. The number of imidazole rings is 1. The summed E-state index contributed by atoms with van der Waals surface area (Å²) < 4.78 is 9.85. The number of benzene rings is 1. The van der Waals surface area contributed by atoms with Gasteiger partial charge in [0.2, 0.25) is 0 Å². The second kappa shape index (κ2) is 11.3. The lowest BCUT2D eigenvalue weighted by Gasteiger charge is -2.45. The van der Waals surface area contributed by atoms with Gasteiger partial charge in [-0.15, -0.1) is 0 Å². The third-order valence-corrected chi connectivity index (χ3v) is 9.13. The zero-order chi connectivity index (χ0) is 30.4. The molecule has 228 valence electrons. The molecule has 1 N–H and O–H groups in total. The van der Waals surface area contributed by atoms with Crippen molar-refractivity contribution in [2.45, 2.75) is 51.6 Å². The molecule has 0 radical (unpaired) electrons. The van der Waals surface area contributed by atoms with Gasteiger partial charge < -0.3 is 10.1 Å². The number of pyridine rings is 2. The number of ether oxygens (including phenoxy) is 1. The molecule has 10 nitrogen and oxygen atoms in total. The van der Waals surface area contributed by atoms with E-state index in [1.807, 2.05) is 48.1 Å². The van der Waals surface area contributed by atoms with Gasteiger partial charge in [0.1, 0.15) is 23.7 Å². The first-order valence-corrected chi connectivity index (χ1v) is 15.5. The molecule has 1 aliphatic carbocycles. The van der Waals surface area contributed by atoms with E-state index >= 15 is 0 Å². The van der Waals surface area contributed by atoms with Crippen LogP contribution in [0.15, 0.2) is 60.9 Å². The second-order valence-corrected chi connectivity index (χ2v) is 12.8. The van der Waals surface area contributed by atoms with E-state index in [4.69, 9.17) is 14.8 Å².